The third-order valence-corrected chi connectivity index (χ3v) is 3.69. The highest BCUT2D eigenvalue weighted by molar-refractivity contribution is 7.71. The normalized spacial score (nSPS) is 14.0. The number of β-amino-alcohol motifs (C(OH)–C–C–N with tert-alkyl or cyclic N) is 1. The molecule has 10 heteroatoms. The van der Waals surface area contributed by atoms with Crippen LogP contribution in [0.25, 0.3) is 11.3 Å². The number of anilines is 1. The number of aromatic amines is 2. The van der Waals surface area contributed by atoms with Crippen LogP contribution in [-0.2, 0) is 9.59 Å². The number of para-hydroxylation sites is 1. The van der Waals surface area contributed by atoms with Crippen LogP contribution in [0.15, 0.2) is 40.8 Å². The molecule has 0 saturated heterocycles. The molecule has 2 heterocycles. The summed E-state index contributed by atoms with van der Waals surface area (Å²) >= 11 is 4.82. The second kappa shape index (κ2) is 6.79. The Morgan fingerprint density at radius 3 is 2.72 bits per heavy atom. The van der Waals surface area contributed by atoms with Crippen molar-refractivity contribution in [3.05, 3.63) is 51.2 Å². The molecule has 1 aromatic carbocycles. The number of rotatable bonds is 5. The van der Waals surface area contributed by atoms with Crippen molar-refractivity contribution in [2.75, 3.05) is 18.5 Å². The molecule has 3 rings (SSSR count). The van der Waals surface area contributed by atoms with Crippen molar-refractivity contribution < 1.29 is 14.7 Å². The lowest BCUT2D eigenvalue weighted by molar-refractivity contribution is -0.137. The first-order valence-corrected chi connectivity index (χ1v) is 7.66. The van der Waals surface area contributed by atoms with Crippen molar-refractivity contribution in [3.63, 3.8) is 0 Å². The maximum atomic E-state index is 12.2. The second-order valence-corrected chi connectivity index (χ2v) is 5.51. The fourth-order valence-corrected chi connectivity index (χ4v) is 2.52. The van der Waals surface area contributed by atoms with Crippen LogP contribution in [0.5, 0.6) is 0 Å². The van der Waals surface area contributed by atoms with Crippen LogP contribution in [0.3, 0.4) is 0 Å². The Balaban J connectivity index is 1.97. The number of benzene rings is 1. The molecule has 128 valence electrons. The van der Waals surface area contributed by atoms with Gasteiger partial charge in [0.1, 0.15) is 5.70 Å². The molecule has 0 radical (unpaired) electrons. The number of hydrogen-bond donors (Lipinski definition) is 4. The van der Waals surface area contributed by atoms with Crippen LogP contribution < -0.4 is 10.9 Å². The number of aromatic nitrogens is 3. The van der Waals surface area contributed by atoms with E-state index in [4.69, 9.17) is 17.3 Å². The molecule has 0 spiro atoms. The molecule has 4 N–H and O–H groups in total. The molecule has 0 unspecified atom stereocenters. The van der Waals surface area contributed by atoms with Gasteiger partial charge in [0.15, 0.2) is 10.5 Å². The highest BCUT2D eigenvalue weighted by Crippen LogP contribution is 2.26. The predicted molar refractivity (Wildman–Crippen MR) is 91.0 cm³/mol. The van der Waals surface area contributed by atoms with Crippen LogP contribution in [0, 0.1) is 4.77 Å². The van der Waals surface area contributed by atoms with E-state index in [0.717, 1.165) is 11.0 Å². The first-order valence-electron chi connectivity index (χ1n) is 7.25. The highest BCUT2D eigenvalue weighted by atomic mass is 32.1. The van der Waals surface area contributed by atoms with E-state index in [1.54, 1.807) is 24.3 Å². The van der Waals surface area contributed by atoms with Crippen molar-refractivity contribution in [1.82, 2.24) is 20.1 Å². The summed E-state index contributed by atoms with van der Waals surface area (Å²) in [6, 6.07) is 6.70. The van der Waals surface area contributed by atoms with E-state index in [1.165, 1.54) is 0 Å². The molecular formula is C15H13N5O4S. The maximum Gasteiger partial charge on any atom is 0.278 e. The van der Waals surface area contributed by atoms with Crippen molar-refractivity contribution in [3.8, 4) is 11.3 Å². The van der Waals surface area contributed by atoms with E-state index in [-0.39, 0.29) is 29.3 Å². The number of nitrogens with zero attached hydrogens (tertiary/aromatic N) is 2. The van der Waals surface area contributed by atoms with Gasteiger partial charge >= 0.3 is 0 Å². The number of aliphatic hydroxyl groups is 1. The van der Waals surface area contributed by atoms with Crippen molar-refractivity contribution in [1.29, 1.82) is 0 Å². The molecule has 9 nitrogen and oxygen atoms in total. The van der Waals surface area contributed by atoms with Gasteiger partial charge < -0.3 is 10.4 Å². The lowest BCUT2D eigenvalue weighted by Crippen LogP contribution is -2.34. The van der Waals surface area contributed by atoms with E-state index in [1.807, 2.05) is 0 Å². The molecule has 0 bridgehead atoms. The van der Waals surface area contributed by atoms with E-state index in [2.05, 4.69) is 20.5 Å². The monoisotopic (exact) mass is 359 g/mol. The van der Waals surface area contributed by atoms with Gasteiger partial charge in [0.2, 0.25) is 0 Å². The third-order valence-electron chi connectivity index (χ3n) is 3.50. The number of carbonyl (C=O) groups excluding carboxylic acids is 2. The fourth-order valence-electron chi connectivity index (χ4n) is 2.38. The SMILES string of the molecule is O=C1C=C(Nc2ccccc2-c2n[nH]c(=S)[nH]c2=O)C(=O)N1CCO. The molecule has 2 aromatic rings. The number of nitrogens with one attached hydrogen (secondary N) is 3. The van der Waals surface area contributed by atoms with E-state index < -0.39 is 17.4 Å². The number of carbonyl (C=O) groups is 2. The van der Waals surface area contributed by atoms with Gasteiger partial charge in [-0.15, -0.1) is 0 Å². The first-order chi connectivity index (χ1) is 12.0. The fraction of sp³-hybridized carbons (Fsp3) is 0.133. The minimum Gasteiger partial charge on any atom is -0.395 e. The Bertz CT molecular complexity index is 994. The summed E-state index contributed by atoms with van der Waals surface area (Å²) < 4.78 is 0.0955. The number of amides is 2. The number of aliphatic hydroxyl groups excluding tert-OH is 1. The molecule has 2 amide bonds. The summed E-state index contributed by atoms with van der Waals surface area (Å²) in [5.41, 5.74) is 0.496. The molecule has 1 aromatic heterocycles. The third kappa shape index (κ3) is 3.25. The summed E-state index contributed by atoms with van der Waals surface area (Å²) in [6.07, 6.45) is 1.14. The molecular weight excluding hydrogens is 346 g/mol. The van der Waals surface area contributed by atoms with E-state index in [9.17, 15) is 14.4 Å². The highest BCUT2D eigenvalue weighted by Gasteiger charge is 2.31. The summed E-state index contributed by atoms with van der Waals surface area (Å²) in [7, 11) is 0. The maximum absolute atomic E-state index is 12.2. The Morgan fingerprint density at radius 1 is 1.24 bits per heavy atom. The molecule has 0 atom stereocenters. The number of H-pyrrole nitrogens is 2. The Labute approximate surface area is 146 Å². The lowest BCUT2D eigenvalue weighted by Gasteiger charge is -2.14. The van der Waals surface area contributed by atoms with Gasteiger partial charge in [0.25, 0.3) is 17.4 Å². The average molecular weight is 359 g/mol. The molecule has 0 aliphatic carbocycles. The summed E-state index contributed by atoms with van der Waals surface area (Å²) in [5, 5.41) is 18.2. The van der Waals surface area contributed by atoms with E-state index >= 15 is 0 Å². The largest absolute Gasteiger partial charge is 0.395 e. The zero-order chi connectivity index (χ0) is 18.0. The van der Waals surface area contributed by atoms with Crippen LogP contribution in [0.4, 0.5) is 5.69 Å². The smallest absolute Gasteiger partial charge is 0.278 e. The summed E-state index contributed by atoms with van der Waals surface area (Å²) in [5.74, 6) is -1.07. The minimum absolute atomic E-state index is 0.0474. The molecule has 0 fully saturated rings. The second-order valence-electron chi connectivity index (χ2n) is 5.10. The quantitative estimate of drug-likeness (QED) is 0.441. The zero-order valence-electron chi connectivity index (χ0n) is 12.8. The minimum atomic E-state index is -0.553. The summed E-state index contributed by atoms with van der Waals surface area (Å²) in [4.78, 5) is 39.5. The topological polar surface area (TPSA) is 131 Å². The predicted octanol–water partition coefficient (Wildman–Crippen LogP) is 0.151. The summed E-state index contributed by atoms with van der Waals surface area (Å²) in [6.45, 7) is -0.408. The van der Waals surface area contributed by atoms with Gasteiger partial charge in [-0.3, -0.25) is 29.4 Å². The molecule has 1 aliphatic rings. The van der Waals surface area contributed by atoms with Gasteiger partial charge in [-0.2, -0.15) is 5.10 Å². The average Bonchev–Trinajstić information content (AvgIpc) is 2.84. The molecule has 25 heavy (non-hydrogen) atoms. The van der Waals surface area contributed by atoms with Crippen LogP contribution in [0.1, 0.15) is 0 Å². The van der Waals surface area contributed by atoms with Crippen LogP contribution in [-0.4, -0.2) is 50.2 Å². The van der Waals surface area contributed by atoms with Crippen molar-refractivity contribution >= 4 is 29.7 Å². The van der Waals surface area contributed by atoms with Crippen LogP contribution in [0.2, 0.25) is 0 Å². The van der Waals surface area contributed by atoms with Gasteiger partial charge in [0, 0.05) is 17.3 Å². The number of hydrogen-bond acceptors (Lipinski definition) is 7. The van der Waals surface area contributed by atoms with Gasteiger partial charge in [0.05, 0.1) is 13.2 Å². The standard InChI is InChI=1S/C15H13N5O4S/c21-6-5-20-11(22)7-10(14(20)24)16-9-4-2-1-3-8(9)12-13(23)17-15(25)19-18-12/h1-4,7,16,21H,5-6H2,(H2,17,19,23,25). The van der Waals surface area contributed by atoms with Crippen molar-refractivity contribution in [2.45, 2.75) is 0 Å². The van der Waals surface area contributed by atoms with Gasteiger partial charge in [-0.1, -0.05) is 18.2 Å². The zero-order valence-corrected chi connectivity index (χ0v) is 13.6. The lowest BCUT2D eigenvalue weighted by atomic mass is 10.1. The van der Waals surface area contributed by atoms with Gasteiger partial charge in [-0.25, -0.2) is 0 Å². The molecule has 1 aliphatic heterocycles. The van der Waals surface area contributed by atoms with E-state index in [0.29, 0.717) is 11.3 Å². The Hall–Kier alpha value is -3.11. The number of imide groups is 1. The van der Waals surface area contributed by atoms with Crippen molar-refractivity contribution in [2.24, 2.45) is 0 Å². The van der Waals surface area contributed by atoms with Gasteiger partial charge in [-0.05, 0) is 18.3 Å². The molecule has 0 saturated carbocycles. The Kier molecular flexibility index (Phi) is 4.55. The first kappa shape index (κ1) is 16.7. The Morgan fingerprint density at radius 2 is 2.00 bits per heavy atom. The van der Waals surface area contributed by atoms with Crippen LogP contribution >= 0.6 is 12.2 Å².